The van der Waals surface area contributed by atoms with Gasteiger partial charge in [0.2, 0.25) is 0 Å². The molecule has 0 fully saturated rings. The summed E-state index contributed by atoms with van der Waals surface area (Å²) in [5, 5.41) is 0. The molecule has 0 saturated heterocycles. The van der Waals surface area contributed by atoms with Crippen molar-refractivity contribution in [3.63, 3.8) is 0 Å². The molecule has 90 heavy (non-hydrogen) atoms. The van der Waals surface area contributed by atoms with E-state index >= 15 is 0 Å². The molecule has 12 aliphatic rings. The van der Waals surface area contributed by atoms with Crippen LogP contribution in [0.25, 0.3) is 0 Å². The van der Waals surface area contributed by atoms with Crippen LogP contribution in [0, 0.1) is 0 Å². The Bertz CT molecular complexity index is 3600. The predicted molar refractivity (Wildman–Crippen MR) is 384 cm³/mol. The number of fused-ring (bicyclic) bond motifs is 6. The zero-order valence-corrected chi connectivity index (χ0v) is 64.3. The van der Waals surface area contributed by atoms with Gasteiger partial charge < -0.3 is 0 Å². The fourth-order valence-electron chi connectivity index (χ4n) is 22.1. The summed E-state index contributed by atoms with van der Waals surface area (Å²) in [7, 11) is 0. The molecule has 0 amide bonds. The normalized spacial score (nSPS) is 29.6. The Morgan fingerprint density at radius 3 is 0.433 bits per heavy atom. The molecule has 6 aromatic rings. The maximum absolute atomic E-state index is 4.86. The van der Waals surface area contributed by atoms with Crippen LogP contribution in [-0.2, 0) is 73.5 Å². The Morgan fingerprint density at radius 1 is 0.200 bits per heavy atom. The van der Waals surface area contributed by atoms with E-state index in [0.29, 0.717) is 0 Å². The summed E-state index contributed by atoms with van der Waals surface area (Å²) in [5.74, 6) is 0.292. The molecule has 0 radical (unpaired) electrons. The van der Waals surface area contributed by atoms with E-state index in [2.05, 4.69) is 239 Å². The second kappa shape index (κ2) is 17.7. The summed E-state index contributed by atoms with van der Waals surface area (Å²) in [4.78, 5) is 0. The van der Waals surface area contributed by atoms with Crippen LogP contribution in [-0.4, -0.2) is 25.5 Å². The molecule has 472 valence electrons. The molecular formula is C88H110GeSe. The van der Waals surface area contributed by atoms with Gasteiger partial charge in [-0.05, 0) is 0 Å². The Hall–Kier alpha value is -3.62. The molecular weight excluding hydrogens is 1210 g/mol. The molecule has 0 unspecified atom stereocenters. The van der Waals surface area contributed by atoms with Crippen LogP contribution in [0.15, 0.2) is 72.8 Å². The van der Waals surface area contributed by atoms with Gasteiger partial charge in [0.05, 0.1) is 0 Å². The Labute approximate surface area is 556 Å². The van der Waals surface area contributed by atoms with Crippen LogP contribution in [0.2, 0.25) is 0 Å². The van der Waals surface area contributed by atoms with Crippen molar-refractivity contribution in [1.82, 2.24) is 0 Å². The minimum absolute atomic E-state index is 0.0319. The average Bonchev–Trinajstić information content (AvgIpc) is 0.640. The topological polar surface area (TPSA) is 0 Å². The van der Waals surface area contributed by atoms with Crippen molar-refractivity contribution in [3.05, 3.63) is 206 Å². The summed E-state index contributed by atoms with van der Waals surface area (Å²) < 4.78 is -0.923. The van der Waals surface area contributed by atoms with Gasteiger partial charge in [0.25, 0.3) is 0 Å². The van der Waals surface area contributed by atoms with Crippen LogP contribution in [0.1, 0.15) is 389 Å². The number of rotatable bonds is 2. The molecule has 0 nitrogen and oxygen atoms in total. The Balaban J connectivity index is 1.17. The molecule has 0 aromatic heterocycles. The third-order valence-electron chi connectivity index (χ3n) is 29.1. The summed E-state index contributed by atoms with van der Waals surface area (Å²) in [6.07, 6.45) is 14.5. The van der Waals surface area contributed by atoms with Gasteiger partial charge in [-0.1, -0.05) is 0 Å². The average molecular weight is 1320 g/mol. The molecule has 0 aliphatic heterocycles. The van der Waals surface area contributed by atoms with E-state index in [0.717, 1.165) is 0 Å². The van der Waals surface area contributed by atoms with Gasteiger partial charge in [-0.15, -0.1) is 0 Å². The van der Waals surface area contributed by atoms with Crippen molar-refractivity contribution >= 4 is 25.5 Å². The molecule has 0 spiro atoms. The van der Waals surface area contributed by atoms with E-state index in [1.54, 1.807) is 134 Å². The van der Waals surface area contributed by atoms with E-state index in [9.17, 15) is 0 Å². The monoisotopic (exact) mass is 1320 g/mol. The summed E-state index contributed by atoms with van der Waals surface area (Å²) in [6.45, 7) is 62.6. The van der Waals surface area contributed by atoms with Crippen molar-refractivity contribution in [3.8, 4) is 0 Å². The first-order chi connectivity index (χ1) is 41.4. The third-order valence-corrected chi connectivity index (χ3v) is 42.0. The van der Waals surface area contributed by atoms with Gasteiger partial charge in [-0.2, -0.15) is 0 Å². The van der Waals surface area contributed by atoms with E-state index < -0.39 is 20.4 Å². The van der Waals surface area contributed by atoms with Crippen molar-refractivity contribution in [2.24, 2.45) is 0 Å². The summed E-state index contributed by atoms with van der Waals surface area (Å²) >= 11 is 1.53. The number of hydrogen-bond acceptors (Lipinski definition) is 0. The SMILES string of the molecule is CC1(C)CCC(C)(C)c2cc3c(cc21)C1c2cc4c(cc2[C]3([Ge](=[Se])[C]23c5cc6c(cc5C(c5cc7c(cc52)C(C)(C)CCC7(C)C)c2cc5c(cc23)C(C)(C)CCC5(C)C)C(C)(C)CCC6(C)C)c2cc3c(cc21)C(C)(C)CCC3(C)C)C(C)(C)CCC4(C)C. The van der Waals surface area contributed by atoms with E-state index in [1.165, 1.54) is 77.0 Å². The fourth-order valence-corrected chi connectivity index (χ4v) is 36.2. The number of hydrogen-bond donors (Lipinski definition) is 0. The van der Waals surface area contributed by atoms with Crippen LogP contribution >= 0.6 is 0 Å². The minimum atomic E-state index is -3.33. The second-order valence-corrected chi connectivity index (χ2v) is 49.2. The van der Waals surface area contributed by atoms with Crippen LogP contribution < -0.4 is 0 Å². The molecule has 0 heterocycles. The summed E-state index contributed by atoms with van der Waals surface area (Å²) in [6, 6.07) is 35.4. The van der Waals surface area contributed by atoms with Gasteiger partial charge in [0.1, 0.15) is 0 Å². The van der Waals surface area contributed by atoms with E-state index in [1.807, 2.05) is 0 Å². The Morgan fingerprint density at radius 2 is 0.311 bits per heavy atom. The molecule has 0 N–H and O–H groups in total. The molecule has 12 aliphatic carbocycles. The van der Waals surface area contributed by atoms with Crippen molar-refractivity contribution in [2.45, 2.75) is 329 Å². The first-order valence-corrected chi connectivity index (χ1v) is 43.5. The van der Waals surface area contributed by atoms with E-state index in [4.69, 9.17) is 13.5 Å². The molecule has 0 atom stereocenters. The van der Waals surface area contributed by atoms with Crippen molar-refractivity contribution < 1.29 is 0 Å². The molecule has 2 heteroatoms. The predicted octanol–water partition coefficient (Wildman–Crippen LogP) is 22.0. The molecule has 4 bridgehead atoms. The van der Waals surface area contributed by atoms with Crippen molar-refractivity contribution in [1.29, 1.82) is 0 Å². The summed E-state index contributed by atoms with van der Waals surface area (Å²) in [5.41, 5.74) is 39.9. The van der Waals surface area contributed by atoms with Crippen LogP contribution in [0.5, 0.6) is 0 Å². The first-order valence-electron chi connectivity index (χ1n) is 36.1. The van der Waals surface area contributed by atoms with Gasteiger partial charge >= 0.3 is 560 Å². The molecule has 18 rings (SSSR count). The first kappa shape index (κ1) is 61.3. The second-order valence-electron chi connectivity index (χ2n) is 40.2. The Kier molecular flexibility index (Phi) is 12.0. The van der Waals surface area contributed by atoms with Crippen LogP contribution in [0.3, 0.4) is 0 Å². The maximum atomic E-state index is 4.86. The molecule has 6 aromatic carbocycles. The van der Waals surface area contributed by atoms with Crippen molar-refractivity contribution in [2.75, 3.05) is 0 Å². The quantitative estimate of drug-likeness (QED) is 0.152. The zero-order chi connectivity index (χ0) is 64.6. The van der Waals surface area contributed by atoms with Gasteiger partial charge in [0.15, 0.2) is 0 Å². The van der Waals surface area contributed by atoms with Gasteiger partial charge in [-0.25, -0.2) is 0 Å². The number of benzene rings is 6. The standard InChI is InChI=1S/C88H110GeSe/c1-75(2)25-31-81(13,14)67-43-55-49(37-61(67)75)73-50-38-62-68(82(15,16)32-26-76(62,3)4)44-56(50)87(55,57-45-69-63(39-51(57)73)77(5,6)27-33-83(69,17)18)89(90)88-58-46-70-64(78(7,8)28-34-84(70,19)20)40-52(58)74(53-41-65-71(47-59(53)88)85(21,22)35-29-79(65,9)10)54-42-66-72(48-60(54)88)86(23,24)36-30-80(66,11)12/h37-48,73-74H,25-36H2,1-24H3. The van der Waals surface area contributed by atoms with Gasteiger partial charge in [0, 0.05) is 0 Å². The van der Waals surface area contributed by atoms with E-state index in [-0.39, 0.29) is 76.8 Å². The third kappa shape index (κ3) is 7.57. The fraction of sp³-hybridized carbons (Fsp3) is 0.591. The van der Waals surface area contributed by atoms with Gasteiger partial charge in [-0.3, -0.25) is 0 Å². The zero-order valence-electron chi connectivity index (χ0n) is 60.5. The molecule has 0 saturated carbocycles. The van der Waals surface area contributed by atoms with Crippen LogP contribution in [0.4, 0.5) is 0 Å².